The molecule has 1 rings (SSSR count). The number of hydrogen-bond donors (Lipinski definition) is 0. The normalized spacial score (nSPS) is 24.9. The third-order valence-electron chi connectivity index (χ3n) is 1.42. The fourth-order valence-corrected chi connectivity index (χ4v) is 0.566. The van der Waals surface area contributed by atoms with Gasteiger partial charge in [-0.15, -0.1) is 0 Å². The Hall–Kier alpha value is -0.430. The smallest absolute Gasteiger partial charge is 0.361 e. The van der Waals surface area contributed by atoms with E-state index in [-0.39, 0.29) is 6.61 Å². The maximum absolute atomic E-state index is 12.3. The third kappa shape index (κ3) is 2.77. The molecule has 0 aliphatic carbocycles. The van der Waals surface area contributed by atoms with Crippen molar-refractivity contribution < 1.29 is 31.4 Å². The number of ether oxygens (including phenoxy) is 2. The van der Waals surface area contributed by atoms with E-state index in [4.69, 9.17) is 0 Å². The summed E-state index contributed by atoms with van der Waals surface area (Å²) in [5.41, 5.74) is 0. The van der Waals surface area contributed by atoms with E-state index in [9.17, 15) is 22.0 Å². The average molecular weight is 206 g/mol. The Bertz CT molecular complexity index is 170. The lowest BCUT2D eigenvalue weighted by Gasteiger charge is -2.19. The van der Waals surface area contributed by atoms with Gasteiger partial charge in [-0.2, -0.15) is 8.78 Å². The molecule has 78 valence electrons. The van der Waals surface area contributed by atoms with Crippen LogP contribution >= 0.6 is 0 Å². The van der Waals surface area contributed by atoms with Crippen molar-refractivity contribution in [2.45, 2.75) is 24.8 Å². The molecule has 1 fully saturated rings. The second-order valence-corrected chi connectivity index (χ2v) is 2.58. The van der Waals surface area contributed by atoms with Crippen molar-refractivity contribution >= 4 is 0 Å². The van der Waals surface area contributed by atoms with Crippen molar-refractivity contribution in [1.82, 2.24) is 0 Å². The molecule has 13 heavy (non-hydrogen) atoms. The molecule has 0 spiro atoms. The molecule has 0 aromatic rings. The molecular weight excluding hydrogens is 199 g/mol. The summed E-state index contributed by atoms with van der Waals surface area (Å²) < 4.78 is 67.9. The number of epoxide rings is 1. The Balaban J connectivity index is 2.30. The van der Waals surface area contributed by atoms with E-state index in [1.165, 1.54) is 0 Å². The maximum atomic E-state index is 12.3. The van der Waals surface area contributed by atoms with E-state index in [1.54, 1.807) is 0 Å². The summed E-state index contributed by atoms with van der Waals surface area (Å²) in [6.07, 6.45) is -7.79. The topological polar surface area (TPSA) is 21.8 Å². The van der Waals surface area contributed by atoms with E-state index in [0.717, 1.165) is 0 Å². The van der Waals surface area contributed by atoms with Gasteiger partial charge in [0.15, 0.2) is 0 Å². The van der Waals surface area contributed by atoms with Gasteiger partial charge in [0, 0.05) is 0 Å². The van der Waals surface area contributed by atoms with Crippen LogP contribution in [-0.2, 0) is 9.47 Å². The van der Waals surface area contributed by atoms with Crippen LogP contribution in [0, 0.1) is 0 Å². The second-order valence-electron chi connectivity index (χ2n) is 2.58. The molecule has 1 aliphatic heterocycles. The zero-order chi connectivity index (χ0) is 10.1. The van der Waals surface area contributed by atoms with Gasteiger partial charge >= 0.3 is 12.3 Å². The largest absolute Gasteiger partial charge is 0.371 e. The highest BCUT2D eigenvalue weighted by Gasteiger charge is 2.51. The number of rotatable bonds is 5. The van der Waals surface area contributed by atoms with Crippen LogP contribution in [0.1, 0.15) is 0 Å². The van der Waals surface area contributed by atoms with Gasteiger partial charge in [0.05, 0.1) is 13.2 Å². The minimum Gasteiger partial charge on any atom is -0.371 e. The first kappa shape index (κ1) is 10.6. The molecule has 2 atom stereocenters. The fourth-order valence-electron chi connectivity index (χ4n) is 0.566. The van der Waals surface area contributed by atoms with E-state index in [0.29, 0.717) is 0 Å². The van der Waals surface area contributed by atoms with Crippen LogP contribution in [0.15, 0.2) is 0 Å². The Labute approximate surface area is 70.6 Å². The van der Waals surface area contributed by atoms with E-state index >= 15 is 0 Å². The van der Waals surface area contributed by atoms with E-state index < -0.39 is 31.4 Å². The summed E-state index contributed by atoms with van der Waals surface area (Å²) in [6.45, 7) is -0.142. The molecule has 0 N–H and O–H groups in total. The SMILES string of the molecule is FC(F)C(F)(F)C(F)OCC1CO1. The molecule has 1 aliphatic rings. The lowest BCUT2D eigenvalue weighted by molar-refractivity contribution is -0.249. The van der Waals surface area contributed by atoms with Gasteiger partial charge in [0.25, 0.3) is 6.36 Å². The van der Waals surface area contributed by atoms with Crippen LogP contribution in [0.5, 0.6) is 0 Å². The highest BCUT2D eigenvalue weighted by Crippen LogP contribution is 2.30. The summed E-state index contributed by atoms with van der Waals surface area (Å²) in [5, 5.41) is 0. The molecule has 1 heterocycles. The monoisotopic (exact) mass is 206 g/mol. The zero-order valence-corrected chi connectivity index (χ0v) is 6.35. The highest BCUT2D eigenvalue weighted by atomic mass is 19.3. The van der Waals surface area contributed by atoms with Gasteiger partial charge < -0.3 is 9.47 Å². The summed E-state index contributed by atoms with van der Waals surface area (Å²) in [4.78, 5) is 0. The Morgan fingerprint density at radius 1 is 1.38 bits per heavy atom. The first-order valence-electron chi connectivity index (χ1n) is 3.48. The summed E-state index contributed by atoms with van der Waals surface area (Å²) in [7, 11) is 0. The van der Waals surface area contributed by atoms with Crippen LogP contribution in [0.2, 0.25) is 0 Å². The van der Waals surface area contributed by atoms with E-state index in [2.05, 4.69) is 9.47 Å². The Morgan fingerprint density at radius 2 is 1.92 bits per heavy atom. The summed E-state index contributed by atoms with van der Waals surface area (Å²) in [5.74, 6) is -4.76. The lowest BCUT2D eigenvalue weighted by atomic mass is 10.3. The maximum Gasteiger partial charge on any atom is 0.361 e. The van der Waals surface area contributed by atoms with E-state index in [1.807, 2.05) is 0 Å². The Morgan fingerprint density at radius 3 is 2.31 bits per heavy atom. The van der Waals surface area contributed by atoms with Crippen molar-refractivity contribution in [2.24, 2.45) is 0 Å². The predicted molar refractivity (Wildman–Crippen MR) is 31.5 cm³/mol. The standard InChI is InChI=1S/C6H7F5O2/c7-4(8)6(10,11)5(9)13-2-3-1-12-3/h3-5H,1-2H2. The van der Waals surface area contributed by atoms with Gasteiger partial charge in [-0.25, -0.2) is 13.2 Å². The summed E-state index contributed by atoms with van der Waals surface area (Å²) in [6, 6.07) is 0. The van der Waals surface area contributed by atoms with Gasteiger partial charge in [-0.3, -0.25) is 0 Å². The van der Waals surface area contributed by atoms with Gasteiger partial charge in [0.1, 0.15) is 6.10 Å². The Kier molecular flexibility index (Phi) is 3.07. The number of alkyl halides is 5. The molecule has 0 aromatic carbocycles. The van der Waals surface area contributed by atoms with Crippen molar-refractivity contribution in [2.75, 3.05) is 13.2 Å². The summed E-state index contributed by atoms with van der Waals surface area (Å²) >= 11 is 0. The zero-order valence-electron chi connectivity index (χ0n) is 6.35. The fraction of sp³-hybridized carbons (Fsp3) is 1.00. The predicted octanol–water partition coefficient (Wildman–Crippen LogP) is 1.60. The van der Waals surface area contributed by atoms with Crippen LogP contribution in [0.4, 0.5) is 22.0 Å². The van der Waals surface area contributed by atoms with Gasteiger partial charge in [-0.1, -0.05) is 0 Å². The van der Waals surface area contributed by atoms with Crippen LogP contribution < -0.4 is 0 Å². The first-order chi connectivity index (χ1) is 5.94. The molecule has 7 heteroatoms. The van der Waals surface area contributed by atoms with Crippen LogP contribution in [0.3, 0.4) is 0 Å². The minimum atomic E-state index is -4.76. The van der Waals surface area contributed by atoms with Crippen LogP contribution in [0.25, 0.3) is 0 Å². The van der Waals surface area contributed by atoms with Gasteiger partial charge in [0.2, 0.25) is 0 Å². The number of halogens is 5. The second kappa shape index (κ2) is 3.75. The molecule has 0 aromatic heterocycles. The van der Waals surface area contributed by atoms with Crippen molar-refractivity contribution in [3.8, 4) is 0 Å². The lowest BCUT2D eigenvalue weighted by Crippen LogP contribution is -2.39. The van der Waals surface area contributed by atoms with Crippen molar-refractivity contribution in [3.63, 3.8) is 0 Å². The number of hydrogen-bond acceptors (Lipinski definition) is 2. The molecule has 0 radical (unpaired) electrons. The molecule has 0 bridgehead atoms. The molecule has 0 saturated carbocycles. The van der Waals surface area contributed by atoms with Gasteiger partial charge in [-0.05, 0) is 0 Å². The molecule has 0 amide bonds. The van der Waals surface area contributed by atoms with Crippen molar-refractivity contribution in [1.29, 1.82) is 0 Å². The minimum absolute atomic E-state index is 0.285. The third-order valence-corrected chi connectivity index (χ3v) is 1.42. The molecular formula is C6H7F5O2. The molecule has 2 nitrogen and oxygen atoms in total. The molecule has 2 unspecified atom stereocenters. The average Bonchev–Trinajstić information content (AvgIpc) is 2.82. The van der Waals surface area contributed by atoms with Crippen LogP contribution in [-0.4, -0.2) is 38.0 Å². The highest BCUT2D eigenvalue weighted by molar-refractivity contribution is 4.75. The first-order valence-corrected chi connectivity index (χ1v) is 3.48. The van der Waals surface area contributed by atoms with Crippen molar-refractivity contribution in [3.05, 3.63) is 0 Å². The molecule has 1 saturated heterocycles. The quantitative estimate of drug-likeness (QED) is 0.503.